The molecule has 0 aliphatic carbocycles. The van der Waals surface area contributed by atoms with Crippen LogP contribution in [0.1, 0.15) is 40.5 Å². The number of nitrogens with zero attached hydrogens (tertiary/aromatic N) is 2. The number of nitro benzene ring substituents is 1. The van der Waals surface area contributed by atoms with Gasteiger partial charge in [0.1, 0.15) is 5.56 Å². The fraction of sp³-hybridized carbons (Fsp3) is 0.429. The van der Waals surface area contributed by atoms with Gasteiger partial charge in [-0.15, -0.1) is 0 Å². The lowest BCUT2D eigenvalue weighted by atomic mass is 10.1. The summed E-state index contributed by atoms with van der Waals surface area (Å²) in [6.45, 7) is 2.94. The predicted octanol–water partition coefficient (Wildman–Crippen LogP) is 2.01. The third kappa shape index (κ3) is 2.92. The Labute approximate surface area is 121 Å². The second-order valence-corrected chi connectivity index (χ2v) is 4.68. The van der Waals surface area contributed by atoms with Crippen molar-refractivity contribution in [2.75, 3.05) is 19.8 Å². The number of hydrogen-bond donors (Lipinski definition) is 0. The molecule has 1 aliphatic heterocycles. The van der Waals surface area contributed by atoms with Crippen LogP contribution in [0, 0.1) is 10.1 Å². The highest BCUT2D eigenvalue weighted by Crippen LogP contribution is 2.30. The molecule has 21 heavy (non-hydrogen) atoms. The van der Waals surface area contributed by atoms with Gasteiger partial charge in [-0.2, -0.15) is 0 Å². The number of carbonyl (C=O) groups excluding carboxylic acids is 2. The van der Waals surface area contributed by atoms with E-state index < -0.39 is 16.7 Å². The average molecular weight is 292 g/mol. The summed E-state index contributed by atoms with van der Waals surface area (Å²) >= 11 is 0. The van der Waals surface area contributed by atoms with Crippen LogP contribution in [0.15, 0.2) is 18.2 Å². The summed E-state index contributed by atoms with van der Waals surface area (Å²) in [5, 5.41) is 11.0. The lowest BCUT2D eigenvalue weighted by molar-refractivity contribution is -0.385. The van der Waals surface area contributed by atoms with E-state index in [0.29, 0.717) is 6.61 Å². The second kappa shape index (κ2) is 6.45. The fourth-order valence-corrected chi connectivity index (χ4v) is 2.18. The van der Waals surface area contributed by atoms with Crippen molar-refractivity contribution < 1.29 is 19.2 Å². The van der Waals surface area contributed by atoms with Gasteiger partial charge in [0, 0.05) is 12.7 Å². The third-order valence-electron chi connectivity index (χ3n) is 3.28. The smallest absolute Gasteiger partial charge is 0.282 e. The molecule has 0 aromatic heterocycles. The monoisotopic (exact) mass is 292 g/mol. The molecule has 7 heteroatoms. The molecule has 1 aliphatic rings. The molecule has 2 amide bonds. The van der Waals surface area contributed by atoms with Crippen molar-refractivity contribution in [1.29, 1.82) is 0 Å². The summed E-state index contributed by atoms with van der Waals surface area (Å²) in [7, 11) is 0. The molecule has 0 atom stereocenters. The number of ether oxygens (including phenoxy) is 1. The lowest BCUT2D eigenvalue weighted by Crippen LogP contribution is -2.33. The lowest BCUT2D eigenvalue weighted by Gasteiger charge is -2.13. The molecule has 0 bridgehead atoms. The molecule has 0 N–H and O–H groups in total. The average Bonchev–Trinajstić information content (AvgIpc) is 2.71. The summed E-state index contributed by atoms with van der Waals surface area (Å²) in [5.41, 5.74) is -0.371. The van der Waals surface area contributed by atoms with Crippen molar-refractivity contribution in [2.45, 2.75) is 19.8 Å². The Morgan fingerprint density at radius 3 is 2.67 bits per heavy atom. The first-order valence-electron chi connectivity index (χ1n) is 6.79. The van der Waals surface area contributed by atoms with E-state index in [0.717, 1.165) is 17.7 Å². The number of fused-ring (bicyclic) bond motifs is 1. The Kier molecular flexibility index (Phi) is 4.64. The molecule has 1 aromatic rings. The zero-order chi connectivity index (χ0) is 15.4. The van der Waals surface area contributed by atoms with Gasteiger partial charge in [0.2, 0.25) is 0 Å². The van der Waals surface area contributed by atoms with Gasteiger partial charge >= 0.3 is 0 Å². The first-order valence-corrected chi connectivity index (χ1v) is 6.79. The van der Waals surface area contributed by atoms with Crippen LogP contribution >= 0.6 is 0 Å². The summed E-state index contributed by atoms with van der Waals surface area (Å²) in [6.07, 6.45) is 1.91. The van der Waals surface area contributed by atoms with Crippen LogP contribution in [-0.2, 0) is 4.74 Å². The number of imide groups is 1. The van der Waals surface area contributed by atoms with E-state index in [2.05, 4.69) is 0 Å². The van der Waals surface area contributed by atoms with E-state index in [9.17, 15) is 19.7 Å². The highest BCUT2D eigenvalue weighted by Gasteiger charge is 2.40. The predicted molar refractivity (Wildman–Crippen MR) is 74.2 cm³/mol. The number of rotatable bonds is 7. The number of hydrogen-bond acceptors (Lipinski definition) is 5. The van der Waals surface area contributed by atoms with Crippen LogP contribution in [0.2, 0.25) is 0 Å². The topological polar surface area (TPSA) is 89.8 Å². The molecule has 0 spiro atoms. The minimum atomic E-state index is -0.648. The standard InChI is InChI=1S/C14H16N2O5/c1-2-3-8-21-9-7-15-13(17)10-5-4-6-11(16(19)20)12(10)14(15)18/h4-6H,2-3,7-9H2,1H3. The molecule has 112 valence electrons. The first-order chi connectivity index (χ1) is 10.1. The van der Waals surface area contributed by atoms with Gasteiger partial charge in [-0.1, -0.05) is 19.4 Å². The van der Waals surface area contributed by atoms with E-state index >= 15 is 0 Å². The SMILES string of the molecule is CCCCOCCN1C(=O)c2cccc([N+](=O)[O-])c2C1=O. The minimum absolute atomic E-state index is 0.0859. The van der Waals surface area contributed by atoms with Crippen molar-refractivity contribution in [3.63, 3.8) is 0 Å². The van der Waals surface area contributed by atoms with E-state index in [1.54, 1.807) is 0 Å². The molecule has 1 aromatic carbocycles. The number of amides is 2. The Morgan fingerprint density at radius 1 is 1.24 bits per heavy atom. The van der Waals surface area contributed by atoms with Gasteiger partial charge in [-0.05, 0) is 12.5 Å². The molecular weight excluding hydrogens is 276 g/mol. The third-order valence-corrected chi connectivity index (χ3v) is 3.28. The number of unbranched alkanes of at least 4 members (excludes halogenated alkanes) is 1. The highest BCUT2D eigenvalue weighted by atomic mass is 16.6. The second-order valence-electron chi connectivity index (χ2n) is 4.68. The summed E-state index contributed by atoms with van der Waals surface area (Å²) in [4.78, 5) is 35.6. The Balaban J connectivity index is 2.11. The maximum atomic E-state index is 12.2. The molecule has 7 nitrogen and oxygen atoms in total. The Morgan fingerprint density at radius 2 is 2.00 bits per heavy atom. The maximum Gasteiger partial charge on any atom is 0.282 e. The van der Waals surface area contributed by atoms with E-state index in [1.165, 1.54) is 18.2 Å². The molecule has 0 radical (unpaired) electrons. The van der Waals surface area contributed by atoms with Crippen molar-refractivity contribution >= 4 is 17.5 Å². The van der Waals surface area contributed by atoms with Gasteiger partial charge in [0.05, 0.1) is 23.6 Å². The van der Waals surface area contributed by atoms with E-state index in [1.807, 2.05) is 6.92 Å². The van der Waals surface area contributed by atoms with Crippen LogP contribution < -0.4 is 0 Å². The summed E-state index contributed by atoms with van der Waals surface area (Å²) in [6, 6.07) is 4.06. The fourth-order valence-electron chi connectivity index (χ4n) is 2.18. The van der Waals surface area contributed by atoms with Crippen molar-refractivity contribution in [1.82, 2.24) is 4.90 Å². The van der Waals surface area contributed by atoms with Crippen molar-refractivity contribution in [2.24, 2.45) is 0 Å². The van der Waals surface area contributed by atoms with E-state index in [4.69, 9.17) is 4.74 Å². The summed E-state index contributed by atoms with van der Waals surface area (Å²) in [5.74, 6) is -1.13. The zero-order valence-electron chi connectivity index (χ0n) is 11.7. The first kappa shape index (κ1) is 15.1. The van der Waals surface area contributed by atoms with Gasteiger partial charge in [0.25, 0.3) is 17.5 Å². The van der Waals surface area contributed by atoms with Gasteiger partial charge in [-0.25, -0.2) is 0 Å². The molecule has 0 saturated carbocycles. The summed E-state index contributed by atoms with van der Waals surface area (Å²) < 4.78 is 5.33. The number of benzene rings is 1. The minimum Gasteiger partial charge on any atom is -0.380 e. The molecule has 1 heterocycles. The molecule has 0 fully saturated rings. The normalized spacial score (nSPS) is 13.7. The molecule has 0 saturated heterocycles. The number of carbonyl (C=O) groups is 2. The highest BCUT2D eigenvalue weighted by molar-refractivity contribution is 6.23. The quantitative estimate of drug-likeness (QED) is 0.332. The van der Waals surface area contributed by atoms with Crippen LogP contribution in [0.3, 0.4) is 0 Å². The Bertz CT molecular complexity index is 585. The number of nitro groups is 1. The maximum absolute atomic E-state index is 12.2. The zero-order valence-corrected chi connectivity index (χ0v) is 11.7. The molecule has 2 rings (SSSR count). The van der Waals surface area contributed by atoms with Crippen LogP contribution in [0.5, 0.6) is 0 Å². The van der Waals surface area contributed by atoms with Crippen molar-refractivity contribution in [3.05, 3.63) is 39.4 Å². The van der Waals surface area contributed by atoms with Gasteiger partial charge in [-0.3, -0.25) is 24.6 Å². The van der Waals surface area contributed by atoms with Gasteiger partial charge < -0.3 is 4.74 Å². The van der Waals surface area contributed by atoms with Crippen LogP contribution in [-0.4, -0.2) is 41.4 Å². The van der Waals surface area contributed by atoms with Crippen LogP contribution in [0.4, 0.5) is 5.69 Å². The molecular formula is C14H16N2O5. The molecule has 0 unspecified atom stereocenters. The van der Waals surface area contributed by atoms with Crippen LogP contribution in [0.25, 0.3) is 0 Å². The van der Waals surface area contributed by atoms with Gasteiger partial charge in [0.15, 0.2) is 0 Å². The van der Waals surface area contributed by atoms with Crippen molar-refractivity contribution in [3.8, 4) is 0 Å². The largest absolute Gasteiger partial charge is 0.380 e. The van der Waals surface area contributed by atoms with E-state index in [-0.39, 0.29) is 30.0 Å². The Hall–Kier alpha value is -2.28.